The molecular weight excluding hydrogens is 318 g/mol. The fourth-order valence-corrected chi connectivity index (χ4v) is 3.79. The highest BCUT2D eigenvalue weighted by molar-refractivity contribution is 7.90. The lowest BCUT2D eigenvalue weighted by Crippen LogP contribution is -2.12. The molecule has 0 aliphatic carbocycles. The molecule has 22 heavy (non-hydrogen) atoms. The largest absolute Gasteiger partial charge is 0.321 e. The van der Waals surface area contributed by atoms with E-state index in [4.69, 9.17) is 0 Å². The highest BCUT2D eigenvalue weighted by atomic mass is 32.2. The number of thiophene rings is 1. The standard InChI is InChI=1S/C16H19NO3S2/c1-5-12-8-15(21-11(12)3)16(18)17-14-9-13(22(4,19)20)7-6-10(14)2/h6-9H,5H2,1-4H3,(H,17,18). The van der Waals surface area contributed by atoms with Gasteiger partial charge in [-0.3, -0.25) is 4.79 Å². The van der Waals surface area contributed by atoms with Crippen LogP contribution in [0.15, 0.2) is 29.2 Å². The third-order valence-electron chi connectivity index (χ3n) is 3.51. The summed E-state index contributed by atoms with van der Waals surface area (Å²) in [5, 5.41) is 2.81. The van der Waals surface area contributed by atoms with Gasteiger partial charge in [-0.25, -0.2) is 8.42 Å². The summed E-state index contributed by atoms with van der Waals surface area (Å²) in [7, 11) is -3.30. The topological polar surface area (TPSA) is 63.2 Å². The molecule has 1 aromatic carbocycles. The maximum Gasteiger partial charge on any atom is 0.265 e. The zero-order valence-electron chi connectivity index (χ0n) is 13.1. The van der Waals surface area contributed by atoms with Crippen molar-refractivity contribution in [2.45, 2.75) is 32.1 Å². The van der Waals surface area contributed by atoms with Crippen molar-refractivity contribution in [3.63, 3.8) is 0 Å². The summed E-state index contributed by atoms with van der Waals surface area (Å²) in [6.45, 7) is 5.88. The second-order valence-electron chi connectivity index (χ2n) is 5.25. The number of benzene rings is 1. The van der Waals surface area contributed by atoms with Crippen LogP contribution >= 0.6 is 11.3 Å². The summed E-state index contributed by atoms with van der Waals surface area (Å²) in [6, 6.07) is 6.64. The molecule has 0 fully saturated rings. The van der Waals surface area contributed by atoms with Crippen molar-refractivity contribution < 1.29 is 13.2 Å². The molecule has 0 saturated carbocycles. The van der Waals surface area contributed by atoms with Crippen LogP contribution in [0.3, 0.4) is 0 Å². The predicted molar refractivity (Wildman–Crippen MR) is 90.7 cm³/mol. The quantitative estimate of drug-likeness (QED) is 0.927. The molecule has 1 N–H and O–H groups in total. The van der Waals surface area contributed by atoms with E-state index in [2.05, 4.69) is 12.2 Å². The smallest absolute Gasteiger partial charge is 0.265 e. The molecule has 1 heterocycles. The minimum absolute atomic E-state index is 0.199. The Morgan fingerprint density at radius 3 is 2.45 bits per heavy atom. The normalized spacial score (nSPS) is 11.5. The molecule has 1 amide bonds. The van der Waals surface area contributed by atoms with E-state index in [1.54, 1.807) is 12.1 Å². The van der Waals surface area contributed by atoms with Crippen LogP contribution in [-0.2, 0) is 16.3 Å². The number of hydrogen-bond donors (Lipinski definition) is 1. The number of aryl methyl sites for hydroxylation is 3. The Hall–Kier alpha value is -1.66. The third-order valence-corrected chi connectivity index (χ3v) is 5.71. The number of nitrogens with one attached hydrogen (secondary N) is 1. The van der Waals surface area contributed by atoms with Crippen LogP contribution in [0.5, 0.6) is 0 Å². The van der Waals surface area contributed by atoms with Gasteiger partial charge in [0.15, 0.2) is 9.84 Å². The number of amides is 1. The monoisotopic (exact) mass is 337 g/mol. The Morgan fingerprint density at radius 1 is 1.23 bits per heavy atom. The molecule has 0 atom stereocenters. The fraction of sp³-hybridized carbons (Fsp3) is 0.312. The molecule has 0 unspecified atom stereocenters. The summed E-state index contributed by atoms with van der Waals surface area (Å²) in [6.07, 6.45) is 2.04. The van der Waals surface area contributed by atoms with Crippen LogP contribution in [0, 0.1) is 13.8 Å². The number of hydrogen-bond acceptors (Lipinski definition) is 4. The van der Waals surface area contributed by atoms with E-state index in [-0.39, 0.29) is 10.8 Å². The van der Waals surface area contributed by atoms with Crippen molar-refractivity contribution in [2.24, 2.45) is 0 Å². The maximum atomic E-state index is 12.4. The first kappa shape index (κ1) is 16.7. The van der Waals surface area contributed by atoms with Crippen LogP contribution < -0.4 is 5.32 Å². The lowest BCUT2D eigenvalue weighted by atomic mass is 10.2. The van der Waals surface area contributed by atoms with Gasteiger partial charge in [0, 0.05) is 16.8 Å². The van der Waals surface area contributed by atoms with Gasteiger partial charge in [0.05, 0.1) is 9.77 Å². The third kappa shape index (κ3) is 3.56. The van der Waals surface area contributed by atoms with Crippen molar-refractivity contribution >= 4 is 32.8 Å². The van der Waals surface area contributed by atoms with E-state index in [0.717, 1.165) is 28.7 Å². The molecule has 0 saturated heterocycles. The van der Waals surface area contributed by atoms with Crippen molar-refractivity contribution in [1.29, 1.82) is 0 Å². The maximum absolute atomic E-state index is 12.4. The van der Waals surface area contributed by atoms with Crippen molar-refractivity contribution in [3.8, 4) is 0 Å². The molecule has 0 aliphatic heterocycles. The van der Waals surface area contributed by atoms with E-state index in [0.29, 0.717) is 10.6 Å². The van der Waals surface area contributed by atoms with E-state index in [1.165, 1.54) is 17.4 Å². The zero-order valence-corrected chi connectivity index (χ0v) is 14.7. The first-order chi connectivity index (χ1) is 10.2. The molecular formula is C16H19NO3S2. The Morgan fingerprint density at radius 2 is 1.91 bits per heavy atom. The number of anilines is 1. The molecule has 2 aromatic rings. The summed E-state index contributed by atoms with van der Waals surface area (Å²) in [4.78, 5) is 14.3. The Labute approximate surface area is 135 Å². The molecule has 6 heteroatoms. The number of carbonyl (C=O) groups excluding carboxylic acids is 1. The second kappa shape index (κ2) is 6.22. The lowest BCUT2D eigenvalue weighted by Gasteiger charge is -2.09. The minimum atomic E-state index is -3.30. The highest BCUT2D eigenvalue weighted by Crippen LogP contribution is 2.25. The number of carbonyl (C=O) groups is 1. The van der Waals surface area contributed by atoms with Gasteiger partial charge < -0.3 is 5.32 Å². The summed E-state index contributed by atoms with van der Waals surface area (Å²) in [5.74, 6) is -0.207. The first-order valence-corrected chi connectivity index (χ1v) is 9.64. The Kier molecular flexibility index (Phi) is 4.72. The van der Waals surface area contributed by atoms with E-state index in [1.807, 2.05) is 19.9 Å². The van der Waals surface area contributed by atoms with Crippen molar-refractivity contribution in [1.82, 2.24) is 0 Å². The summed E-state index contributed by atoms with van der Waals surface area (Å²) in [5.41, 5.74) is 2.51. The van der Waals surface area contributed by atoms with Gasteiger partial charge in [-0.05, 0) is 49.6 Å². The number of sulfone groups is 1. The van der Waals surface area contributed by atoms with Crippen LogP contribution in [0.1, 0.15) is 32.6 Å². The van der Waals surface area contributed by atoms with Crippen LogP contribution in [0.25, 0.3) is 0 Å². The molecule has 0 bridgehead atoms. The van der Waals surface area contributed by atoms with Crippen LogP contribution in [0.2, 0.25) is 0 Å². The van der Waals surface area contributed by atoms with Gasteiger partial charge >= 0.3 is 0 Å². The van der Waals surface area contributed by atoms with Crippen molar-refractivity contribution in [2.75, 3.05) is 11.6 Å². The molecule has 0 spiro atoms. The SMILES string of the molecule is CCc1cc(C(=O)Nc2cc(S(C)(=O)=O)ccc2C)sc1C. The lowest BCUT2D eigenvalue weighted by molar-refractivity contribution is 0.103. The van der Waals surface area contributed by atoms with Crippen molar-refractivity contribution in [3.05, 3.63) is 45.1 Å². The summed E-state index contributed by atoms with van der Waals surface area (Å²) < 4.78 is 23.3. The minimum Gasteiger partial charge on any atom is -0.321 e. The highest BCUT2D eigenvalue weighted by Gasteiger charge is 2.15. The summed E-state index contributed by atoms with van der Waals surface area (Å²) >= 11 is 1.45. The van der Waals surface area contributed by atoms with Gasteiger partial charge in [0.2, 0.25) is 0 Å². The Balaban J connectivity index is 2.31. The van der Waals surface area contributed by atoms with Gasteiger partial charge in [-0.1, -0.05) is 13.0 Å². The van der Waals surface area contributed by atoms with Gasteiger partial charge in [-0.2, -0.15) is 0 Å². The van der Waals surface area contributed by atoms with E-state index in [9.17, 15) is 13.2 Å². The van der Waals surface area contributed by atoms with Crippen LogP contribution in [0.4, 0.5) is 5.69 Å². The Bertz CT molecular complexity index is 820. The second-order valence-corrected chi connectivity index (χ2v) is 8.52. The molecule has 118 valence electrons. The van der Waals surface area contributed by atoms with Crippen LogP contribution in [-0.4, -0.2) is 20.6 Å². The first-order valence-electron chi connectivity index (χ1n) is 6.93. The van der Waals surface area contributed by atoms with Gasteiger partial charge in [0.25, 0.3) is 5.91 Å². The fourth-order valence-electron chi connectivity index (χ4n) is 2.13. The van der Waals surface area contributed by atoms with E-state index >= 15 is 0 Å². The number of rotatable bonds is 4. The van der Waals surface area contributed by atoms with E-state index < -0.39 is 9.84 Å². The van der Waals surface area contributed by atoms with Gasteiger partial charge in [0.1, 0.15) is 0 Å². The molecule has 4 nitrogen and oxygen atoms in total. The molecule has 2 rings (SSSR count). The molecule has 0 radical (unpaired) electrons. The zero-order chi connectivity index (χ0) is 16.5. The van der Waals surface area contributed by atoms with Gasteiger partial charge in [-0.15, -0.1) is 11.3 Å². The average molecular weight is 337 g/mol. The molecule has 1 aromatic heterocycles. The molecule has 0 aliphatic rings. The predicted octanol–water partition coefficient (Wildman–Crippen LogP) is 3.58. The average Bonchev–Trinajstić information content (AvgIpc) is 2.81.